The third kappa shape index (κ3) is 4.35. The minimum atomic E-state index is -5.11. The summed E-state index contributed by atoms with van der Waals surface area (Å²) >= 11 is 0. The molecule has 0 saturated heterocycles. The van der Waals surface area contributed by atoms with Gasteiger partial charge in [0.1, 0.15) is 9.79 Å². The predicted molar refractivity (Wildman–Crippen MR) is 127 cm³/mol. The lowest BCUT2D eigenvalue weighted by Crippen LogP contribution is -2.08. The van der Waals surface area contributed by atoms with Crippen LogP contribution in [-0.2, 0) is 40.5 Å². The highest BCUT2D eigenvalue weighted by molar-refractivity contribution is 7.87. The summed E-state index contributed by atoms with van der Waals surface area (Å²) in [4.78, 5) is -3.59. The first-order valence-electron chi connectivity index (χ1n) is 9.83. The number of benzene rings is 4. The van der Waals surface area contributed by atoms with Gasteiger partial charge in [0.15, 0.2) is 23.0 Å². The lowest BCUT2D eigenvalue weighted by molar-refractivity contribution is 0.365. The number of hydrogen-bond acceptors (Lipinski definition) is 10. The number of rotatable bonds is 4. The fraction of sp³-hybridized carbons (Fsp3) is 0. The van der Waals surface area contributed by atoms with Crippen molar-refractivity contribution in [3.05, 3.63) is 48.5 Å². The molecule has 5 rings (SSSR count). The number of ether oxygens (including phenoxy) is 2. The van der Waals surface area contributed by atoms with Gasteiger partial charge in [0.05, 0.1) is 9.79 Å². The molecule has 0 amide bonds. The van der Waals surface area contributed by atoms with Gasteiger partial charge in [-0.05, 0) is 47.2 Å². The van der Waals surface area contributed by atoms with Crippen molar-refractivity contribution < 1.29 is 61.4 Å². The van der Waals surface area contributed by atoms with Crippen molar-refractivity contribution in [2.45, 2.75) is 19.6 Å². The van der Waals surface area contributed by atoms with Gasteiger partial charge in [-0.1, -0.05) is 12.1 Å². The molecule has 0 fully saturated rings. The second-order valence-electron chi connectivity index (χ2n) is 7.93. The first-order valence-corrected chi connectivity index (χ1v) is 15.6. The fourth-order valence-corrected chi connectivity index (χ4v) is 6.71. The van der Waals surface area contributed by atoms with E-state index in [0.717, 1.165) is 24.3 Å². The van der Waals surface area contributed by atoms with Crippen molar-refractivity contribution in [3.8, 4) is 23.0 Å². The van der Waals surface area contributed by atoms with E-state index in [9.17, 15) is 51.9 Å². The first-order chi connectivity index (χ1) is 17.4. The summed E-state index contributed by atoms with van der Waals surface area (Å²) in [6.45, 7) is 0. The molecular formula is C20H12O14S4. The molecule has 4 aromatic carbocycles. The van der Waals surface area contributed by atoms with Crippen molar-refractivity contribution in [1.29, 1.82) is 0 Å². The van der Waals surface area contributed by atoms with Gasteiger partial charge in [-0.2, -0.15) is 33.7 Å². The highest BCUT2D eigenvalue weighted by atomic mass is 32.2. The Morgan fingerprint density at radius 2 is 0.816 bits per heavy atom. The van der Waals surface area contributed by atoms with Crippen molar-refractivity contribution in [2.75, 3.05) is 0 Å². The van der Waals surface area contributed by atoms with E-state index in [1.54, 1.807) is 0 Å². The summed E-state index contributed by atoms with van der Waals surface area (Å²) in [5.74, 6) is -1.18. The highest BCUT2D eigenvalue weighted by Crippen LogP contribution is 2.53. The summed E-state index contributed by atoms with van der Waals surface area (Å²) in [6.07, 6.45) is 0. The predicted octanol–water partition coefficient (Wildman–Crippen LogP) is 2.88. The van der Waals surface area contributed by atoms with Crippen LogP contribution in [0, 0.1) is 0 Å². The van der Waals surface area contributed by atoms with E-state index in [2.05, 4.69) is 0 Å². The Morgan fingerprint density at radius 3 is 1.11 bits per heavy atom. The van der Waals surface area contributed by atoms with E-state index in [-0.39, 0.29) is 44.5 Å². The Labute approximate surface area is 214 Å². The molecule has 0 aromatic heterocycles. The van der Waals surface area contributed by atoms with Crippen LogP contribution in [0.15, 0.2) is 68.1 Å². The number of hydrogen-bond donors (Lipinski definition) is 4. The molecule has 0 unspecified atom stereocenters. The summed E-state index contributed by atoms with van der Waals surface area (Å²) in [6, 6.07) is 7.51. The zero-order valence-corrected chi connectivity index (χ0v) is 21.4. The van der Waals surface area contributed by atoms with Gasteiger partial charge in [-0.15, -0.1) is 0 Å². The third-order valence-electron chi connectivity index (χ3n) is 5.52. The van der Waals surface area contributed by atoms with Crippen molar-refractivity contribution in [3.63, 3.8) is 0 Å². The van der Waals surface area contributed by atoms with Crippen LogP contribution in [0.4, 0.5) is 0 Å². The molecule has 0 atom stereocenters. The van der Waals surface area contributed by atoms with Crippen LogP contribution in [0.25, 0.3) is 21.5 Å². The van der Waals surface area contributed by atoms with Crippen LogP contribution in [0.2, 0.25) is 0 Å². The SMILES string of the molecule is O=S(=O)(O)c1cc(S(=O)(=O)O)c2c3c(ccc2c1)Oc1c(ccc2cc(S(=O)(=O)O)cc(S(=O)(=O)O)c12)O3. The van der Waals surface area contributed by atoms with Crippen LogP contribution >= 0.6 is 0 Å². The van der Waals surface area contributed by atoms with Gasteiger partial charge in [0.25, 0.3) is 40.5 Å². The van der Waals surface area contributed by atoms with E-state index in [0.29, 0.717) is 12.1 Å². The molecule has 0 spiro atoms. The molecular weight excluding hydrogens is 592 g/mol. The molecule has 1 aliphatic heterocycles. The molecule has 38 heavy (non-hydrogen) atoms. The molecule has 200 valence electrons. The van der Waals surface area contributed by atoms with Gasteiger partial charge in [0.2, 0.25) is 0 Å². The largest absolute Gasteiger partial charge is 0.449 e. The van der Waals surface area contributed by atoms with Crippen molar-refractivity contribution in [1.82, 2.24) is 0 Å². The zero-order chi connectivity index (χ0) is 28.0. The van der Waals surface area contributed by atoms with Crippen LogP contribution in [0.3, 0.4) is 0 Å². The Morgan fingerprint density at radius 1 is 0.474 bits per heavy atom. The Balaban J connectivity index is 1.84. The van der Waals surface area contributed by atoms with Gasteiger partial charge in [0, 0.05) is 10.8 Å². The van der Waals surface area contributed by atoms with E-state index < -0.39 is 60.1 Å². The summed E-state index contributed by atoms with van der Waals surface area (Å²) < 4.78 is 145. The molecule has 0 bridgehead atoms. The summed E-state index contributed by atoms with van der Waals surface area (Å²) in [5, 5.41) is -0.925. The van der Waals surface area contributed by atoms with E-state index >= 15 is 0 Å². The maximum Gasteiger partial charge on any atom is 0.295 e. The molecule has 18 heteroatoms. The van der Waals surface area contributed by atoms with Crippen LogP contribution < -0.4 is 9.47 Å². The van der Waals surface area contributed by atoms with Gasteiger partial charge in [-0.25, -0.2) is 0 Å². The van der Waals surface area contributed by atoms with E-state index in [1.807, 2.05) is 0 Å². The average molecular weight is 605 g/mol. The molecule has 0 radical (unpaired) electrons. The monoisotopic (exact) mass is 604 g/mol. The maximum absolute atomic E-state index is 12.1. The first kappa shape index (κ1) is 26.3. The highest BCUT2D eigenvalue weighted by Gasteiger charge is 2.31. The molecule has 14 nitrogen and oxygen atoms in total. The lowest BCUT2D eigenvalue weighted by Gasteiger charge is -2.24. The van der Waals surface area contributed by atoms with Gasteiger partial charge < -0.3 is 9.47 Å². The second kappa shape index (κ2) is 8.07. The quantitative estimate of drug-likeness (QED) is 0.216. The van der Waals surface area contributed by atoms with Crippen molar-refractivity contribution >= 4 is 62.0 Å². The minimum absolute atomic E-state index is 0.115. The Kier molecular flexibility index (Phi) is 5.58. The van der Waals surface area contributed by atoms with Crippen LogP contribution in [0.5, 0.6) is 23.0 Å². The van der Waals surface area contributed by atoms with E-state index in [4.69, 9.17) is 9.47 Å². The Hall–Kier alpha value is -3.36. The zero-order valence-electron chi connectivity index (χ0n) is 18.1. The van der Waals surface area contributed by atoms with Gasteiger partial charge >= 0.3 is 0 Å². The average Bonchev–Trinajstić information content (AvgIpc) is 2.78. The topological polar surface area (TPSA) is 236 Å². The molecule has 4 N–H and O–H groups in total. The smallest absolute Gasteiger partial charge is 0.295 e. The third-order valence-corrected chi connectivity index (χ3v) is 8.94. The van der Waals surface area contributed by atoms with Gasteiger partial charge in [-0.3, -0.25) is 18.2 Å². The Bertz CT molecular complexity index is 2010. The second-order valence-corrected chi connectivity index (χ2v) is 13.6. The molecule has 1 aliphatic rings. The fourth-order valence-electron chi connectivity index (χ4n) is 3.99. The maximum atomic E-state index is 12.1. The standard InChI is InChI=1S/C20H12O14S4/c21-35(22,23)11-5-9-1-3-13-19(17(9)15(7-11)37(27,28)29)34-14-4-2-10-6-12(36(24,25)26)8-16(38(30,31)32)18(10)20(14)33-13/h1-8H,(H,21,22,23)(H,24,25,26)(H,27,28,29)(H,30,31,32). The van der Waals surface area contributed by atoms with Crippen LogP contribution in [0.1, 0.15) is 0 Å². The molecule has 0 aliphatic carbocycles. The van der Waals surface area contributed by atoms with Crippen molar-refractivity contribution in [2.24, 2.45) is 0 Å². The van der Waals surface area contributed by atoms with Crippen LogP contribution in [-0.4, -0.2) is 51.9 Å². The van der Waals surface area contributed by atoms with E-state index in [1.165, 1.54) is 12.1 Å². The lowest BCUT2D eigenvalue weighted by atomic mass is 10.1. The molecule has 4 aromatic rings. The minimum Gasteiger partial charge on any atom is -0.449 e. The summed E-state index contributed by atoms with van der Waals surface area (Å²) in [7, 11) is -20.0. The molecule has 1 heterocycles. The molecule has 0 saturated carbocycles. The summed E-state index contributed by atoms with van der Waals surface area (Å²) in [5.41, 5.74) is 0. The normalized spacial score (nSPS) is 14.0. The number of fused-ring (bicyclic) bond motifs is 6.